The van der Waals surface area contributed by atoms with Crippen LogP contribution in [0.1, 0.15) is 29.3 Å². The fourth-order valence-corrected chi connectivity index (χ4v) is 5.30. The normalized spacial score (nSPS) is 16.7. The summed E-state index contributed by atoms with van der Waals surface area (Å²) in [5, 5.41) is 25.0. The third kappa shape index (κ3) is 8.58. The van der Waals surface area contributed by atoms with E-state index in [-0.39, 0.29) is 45.2 Å². The molecule has 0 radical (unpaired) electrons. The second kappa shape index (κ2) is 13.4. The van der Waals surface area contributed by atoms with Gasteiger partial charge in [0.25, 0.3) is 11.5 Å². The number of ether oxygens (including phenoxy) is 1. The van der Waals surface area contributed by atoms with Gasteiger partial charge in [-0.3, -0.25) is 9.59 Å². The first kappa shape index (κ1) is 32.7. The van der Waals surface area contributed by atoms with Gasteiger partial charge in [0.2, 0.25) is 0 Å². The minimum Gasteiger partial charge on any atom is -0.465 e. The Labute approximate surface area is 242 Å². The van der Waals surface area contributed by atoms with E-state index < -0.39 is 49.2 Å². The lowest BCUT2D eigenvalue weighted by atomic mass is 10.1. The van der Waals surface area contributed by atoms with E-state index in [0.717, 1.165) is 17.1 Å². The van der Waals surface area contributed by atoms with Gasteiger partial charge in [0.1, 0.15) is 12.3 Å². The van der Waals surface area contributed by atoms with Crippen LogP contribution >= 0.6 is 0 Å². The van der Waals surface area contributed by atoms with E-state index in [2.05, 4.69) is 30.1 Å². The topological polar surface area (TPSA) is 146 Å². The van der Waals surface area contributed by atoms with Gasteiger partial charge >= 0.3 is 12.3 Å². The molecule has 1 fully saturated rings. The molecular formula is C26H36F3N7O5Si. The number of amides is 2. The summed E-state index contributed by atoms with van der Waals surface area (Å²) in [6.07, 6.45) is -2.00. The zero-order valence-corrected chi connectivity index (χ0v) is 25.0. The zero-order chi connectivity index (χ0) is 31.2. The second-order valence-electron chi connectivity index (χ2n) is 11.5. The van der Waals surface area contributed by atoms with Crippen LogP contribution in [0.15, 0.2) is 29.5 Å². The molecule has 0 saturated carbocycles. The van der Waals surface area contributed by atoms with Crippen molar-refractivity contribution in [3.8, 4) is 6.07 Å². The highest BCUT2D eigenvalue weighted by Gasteiger charge is 2.39. The Hall–Kier alpha value is -3.84. The van der Waals surface area contributed by atoms with Crippen molar-refractivity contribution in [3.63, 3.8) is 0 Å². The van der Waals surface area contributed by atoms with Crippen molar-refractivity contribution in [3.05, 3.63) is 46.1 Å². The van der Waals surface area contributed by atoms with E-state index >= 15 is 0 Å². The minimum absolute atomic E-state index is 0.0231. The summed E-state index contributed by atoms with van der Waals surface area (Å²) >= 11 is 0. The van der Waals surface area contributed by atoms with Gasteiger partial charge in [0, 0.05) is 59.3 Å². The molecule has 2 atom stereocenters. The van der Waals surface area contributed by atoms with Crippen LogP contribution in [0.3, 0.4) is 0 Å². The van der Waals surface area contributed by atoms with E-state index in [1.165, 1.54) is 11.1 Å². The highest BCUT2D eigenvalue weighted by molar-refractivity contribution is 6.76. The molecule has 1 saturated heterocycles. The Balaban J connectivity index is 1.69. The number of alkyl halides is 3. The molecule has 42 heavy (non-hydrogen) atoms. The van der Waals surface area contributed by atoms with Gasteiger partial charge in [0.05, 0.1) is 36.0 Å². The van der Waals surface area contributed by atoms with Gasteiger partial charge in [-0.25, -0.2) is 9.48 Å². The third-order valence-electron chi connectivity index (χ3n) is 6.76. The number of hydrogen-bond acceptors (Lipinski definition) is 7. The van der Waals surface area contributed by atoms with E-state index in [1.807, 2.05) is 6.07 Å². The first-order chi connectivity index (χ1) is 19.6. The van der Waals surface area contributed by atoms with Crippen LogP contribution in [0.5, 0.6) is 0 Å². The fourth-order valence-electron chi connectivity index (χ4n) is 4.54. The highest BCUT2D eigenvalue weighted by Crippen LogP contribution is 2.32. The van der Waals surface area contributed by atoms with Gasteiger partial charge in [0.15, 0.2) is 0 Å². The number of hydrogen-bond donors (Lipinski definition) is 2. The van der Waals surface area contributed by atoms with E-state index in [4.69, 9.17) is 10.00 Å². The summed E-state index contributed by atoms with van der Waals surface area (Å²) in [6.45, 7) is 8.38. The number of anilines is 1. The number of carbonyl (C=O) groups is 2. The predicted octanol–water partition coefficient (Wildman–Crippen LogP) is 3.59. The summed E-state index contributed by atoms with van der Waals surface area (Å²) < 4.78 is 49.4. The van der Waals surface area contributed by atoms with Crippen molar-refractivity contribution in [2.24, 2.45) is 0 Å². The molecule has 2 aromatic rings. The molecule has 2 unspecified atom stereocenters. The molecule has 0 aliphatic carbocycles. The number of carboxylic acid groups (broad SMARTS) is 1. The molecule has 1 aliphatic heterocycles. The smallest absolute Gasteiger partial charge is 0.423 e. The summed E-state index contributed by atoms with van der Waals surface area (Å²) in [5.74, 6) is -0.376. The van der Waals surface area contributed by atoms with E-state index in [0.29, 0.717) is 16.9 Å². The lowest BCUT2D eigenvalue weighted by molar-refractivity contribution is -0.138. The van der Waals surface area contributed by atoms with Gasteiger partial charge in [-0.2, -0.15) is 23.5 Å². The van der Waals surface area contributed by atoms with Crippen LogP contribution < -0.4 is 10.9 Å². The molecule has 0 spiro atoms. The first-order valence-corrected chi connectivity index (χ1v) is 17.1. The highest BCUT2D eigenvalue weighted by atomic mass is 28.3. The van der Waals surface area contributed by atoms with Crippen LogP contribution in [0.4, 0.5) is 23.7 Å². The van der Waals surface area contributed by atoms with Crippen LogP contribution in [0.2, 0.25) is 25.7 Å². The van der Waals surface area contributed by atoms with Crippen molar-refractivity contribution in [1.82, 2.24) is 24.1 Å². The van der Waals surface area contributed by atoms with E-state index in [9.17, 15) is 32.7 Å². The number of rotatable bonds is 11. The molecule has 1 aliphatic rings. The van der Waals surface area contributed by atoms with Crippen molar-refractivity contribution in [2.45, 2.75) is 70.6 Å². The van der Waals surface area contributed by atoms with Crippen molar-refractivity contribution in [1.29, 1.82) is 5.26 Å². The maximum absolute atomic E-state index is 13.9. The number of halogens is 3. The van der Waals surface area contributed by atoms with Crippen LogP contribution in [0.25, 0.3) is 0 Å². The molecule has 2 amide bonds. The number of nitrogens with one attached hydrogen (secondary N) is 1. The lowest BCUT2D eigenvalue weighted by Crippen LogP contribution is -2.56. The summed E-state index contributed by atoms with van der Waals surface area (Å²) in [7, 11) is -1.41. The molecule has 230 valence electrons. The minimum atomic E-state index is -4.93. The summed E-state index contributed by atoms with van der Waals surface area (Å²) in [5.41, 5.74) is -2.84. The Kier molecular flexibility index (Phi) is 10.4. The Bertz CT molecular complexity index is 1370. The average molecular weight is 612 g/mol. The van der Waals surface area contributed by atoms with Crippen LogP contribution in [-0.4, -0.2) is 87.7 Å². The quantitative estimate of drug-likeness (QED) is 0.290. The van der Waals surface area contributed by atoms with Gasteiger partial charge in [-0.1, -0.05) is 19.6 Å². The Morgan fingerprint density at radius 3 is 2.64 bits per heavy atom. The van der Waals surface area contributed by atoms with Gasteiger partial charge < -0.3 is 29.5 Å². The standard InChI is InChI=1S/C26H36F3N7O5Si/c1-18(32-21-13-31-36(17-41-11-12-42(2,3)4)24(38)22(21)26(27,28)29)14-33-8-6-19(15-33)23(37)35-10-9-34(25(39)40)16-20(35)5-7-30/h6,8,13,15,18,20,32H,5,9-12,14,16-17H2,1-4H3,(H,39,40). The first-order valence-electron chi connectivity index (χ1n) is 13.4. The van der Waals surface area contributed by atoms with Gasteiger partial charge in [-0.15, -0.1) is 0 Å². The fraction of sp³-hybridized carbons (Fsp3) is 0.577. The molecule has 0 aromatic carbocycles. The number of nitriles is 1. The molecule has 3 heterocycles. The SMILES string of the molecule is CC(Cn1ccc(C(=O)N2CCN(C(=O)O)CC2CC#N)c1)Nc1cnn(COCC[Si](C)(C)C)c(=O)c1C(F)(F)F. The number of nitrogens with zero attached hydrogens (tertiary/aromatic N) is 6. The number of carbonyl (C=O) groups excluding carboxylic acids is 1. The second-order valence-corrected chi connectivity index (χ2v) is 17.1. The van der Waals surface area contributed by atoms with Gasteiger partial charge in [-0.05, 0) is 19.0 Å². The molecular weight excluding hydrogens is 575 g/mol. The Morgan fingerprint density at radius 2 is 2.02 bits per heavy atom. The molecule has 3 rings (SSSR count). The van der Waals surface area contributed by atoms with Crippen molar-refractivity contribution in [2.75, 3.05) is 31.6 Å². The molecule has 2 N–H and O–H groups in total. The molecule has 0 bridgehead atoms. The summed E-state index contributed by atoms with van der Waals surface area (Å²) in [6, 6.07) is 3.13. The molecule has 2 aromatic heterocycles. The molecule has 16 heteroatoms. The maximum atomic E-state index is 13.9. The predicted molar refractivity (Wildman–Crippen MR) is 150 cm³/mol. The van der Waals surface area contributed by atoms with Crippen LogP contribution in [0, 0.1) is 11.3 Å². The van der Waals surface area contributed by atoms with E-state index in [1.54, 1.807) is 23.8 Å². The number of aromatic nitrogens is 3. The Morgan fingerprint density at radius 1 is 1.31 bits per heavy atom. The lowest BCUT2D eigenvalue weighted by Gasteiger charge is -2.39. The molecule has 12 nitrogen and oxygen atoms in total. The number of piperazine rings is 1. The monoisotopic (exact) mass is 611 g/mol. The third-order valence-corrected chi connectivity index (χ3v) is 8.47. The van der Waals surface area contributed by atoms with Crippen LogP contribution in [-0.2, 0) is 24.2 Å². The van der Waals surface area contributed by atoms with Crippen molar-refractivity contribution < 1.29 is 32.6 Å². The summed E-state index contributed by atoms with van der Waals surface area (Å²) in [4.78, 5) is 39.8. The largest absolute Gasteiger partial charge is 0.465 e. The zero-order valence-electron chi connectivity index (χ0n) is 24.0. The maximum Gasteiger partial charge on any atom is 0.423 e. The van der Waals surface area contributed by atoms with Crippen molar-refractivity contribution >= 4 is 25.8 Å². The average Bonchev–Trinajstić information content (AvgIpc) is 3.34.